The van der Waals surface area contributed by atoms with Crippen molar-refractivity contribution in [2.75, 3.05) is 18.9 Å². The Kier molecular flexibility index (Phi) is 5.13. The monoisotopic (exact) mass is 395 g/mol. The lowest BCUT2D eigenvalue weighted by molar-refractivity contribution is -0.155. The summed E-state index contributed by atoms with van der Waals surface area (Å²) in [5, 5.41) is 0. The average Bonchev–Trinajstić information content (AvgIpc) is 2.39. The first-order valence-corrected chi connectivity index (χ1v) is 7.95. The second kappa shape index (κ2) is 6.59. The summed E-state index contributed by atoms with van der Waals surface area (Å²) in [5.74, 6) is -0.466. The highest BCUT2D eigenvalue weighted by molar-refractivity contribution is 9.10. The van der Waals surface area contributed by atoms with Crippen molar-refractivity contribution in [1.82, 2.24) is 0 Å². The van der Waals surface area contributed by atoms with E-state index in [0.29, 0.717) is 22.9 Å². The summed E-state index contributed by atoms with van der Waals surface area (Å²) >= 11 is 3.21. The number of carbonyl (C=O) groups excluding carboxylic acids is 1. The van der Waals surface area contributed by atoms with E-state index in [1.54, 1.807) is 13.0 Å². The molecule has 128 valence electrons. The number of carbonyl (C=O) groups is 1. The van der Waals surface area contributed by atoms with Crippen LogP contribution in [-0.2, 0) is 14.9 Å². The number of nitrogens with two attached hydrogens (primary N) is 1. The van der Waals surface area contributed by atoms with Crippen LogP contribution in [0.3, 0.4) is 0 Å². The number of esters is 1. The van der Waals surface area contributed by atoms with Gasteiger partial charge in [0.15, 0.2) is 6.61 Å². The van der Waals surface area contributed by atoms with E-state index in [1.165, 1.54) is 6.07 Å². The molecule has 1 aliphatic rings. The minimum absolute atomic E-state index is 0.0660. The van der Waals surface area contributed by atoms with Crippen molar-refractivity contribution >= 4 is 27.6 Å². The fourth-order valence-electron chi connectivity index (χ4n) is 2.56. The molecule has 0 unspecified atom stereocenters. The normalized spacial score (nSPS) is 16.6. The van der Waals surface area contributed by atoms with Crippen molar-refractivity contribution in [3.8, 4) is 5.75 Å². The van der Waals surface area contributed by atoms with E-state index in [0.717, 1.165) is 6.42 Å². The molecule has 0 spiro atoms. The van der Waals surface area contributed by atoms with Gasteiger partial charge in [0.25, 0.3) is 0 Å². The number of rotatable bonds is 5. The third kappa shape index (κ3) is 3.73. The first-order valence-electron chi connectivity index (χ1n) is 7.16. The maximum absolute atomic E-state index is 12.4. The van der Waals surface area contributed by atoms with Crippen LogP contribution in [-0.4, -0.2) is 25.4 Å². The fourth-order valence-corrected chi connectivity index (χ4v) is 3.00. The van der Waals surface area contributed by atoms with Gasteiger partial charge in [-0.15, -0.1) is 0 Å². The molecule has 1 fully saturated rings. The highest BCUT2D eigenvalue weighted by Gasteiger charge is 2.47. The Morgan fingerprint density at radius 3 is 2.52 bits per heavy atom. The Hall–Kier alpha value is -1.44. The van der Waals surface area contributed by atoms with Crippen LogP contribution in [0.1, 0.15) is 31.7 Å². The molecule has 1 saturated carbocycles. The van der Waals surface area contributed by atoms with Gasteiger partial charge in [-0.2, -0.15) is 13.2 Å². The molecule has 0 atom stereocenters. The minimum atomic E-state index is -4.47. The number of anilines is 1. The molecule has 2 rings (SSSR count). The quantitative estimate of drug-likeness (QED) is 0.605. The van der Waals surface area contributed by atoms with Crippen LogP contribution in [0.5, 0.6) is 5.75 Å². The van der Waals surface area contributed by atoms with Crippen LogP contribution >= 0.6 is 15.9 Å². The second-order valence-electron chi connectivity index (χ2n) is 5.43. The minimum Gasteiger partial charge on any atom is -0.482 e. The van der Waals surface area contributed by atoms with Crippen molar-refractivity contribution in [2.24, 2.45) is 0 Å². The molecule has 0 bridgehead atoms. The molecule has 0 radical (unpaired) electrons. The summed E-state index contributed by atoms with van der Waals surface area (Å²) in [5.41, 5.74) is 5.55. The highest BCUT2D eigenvalue weighted by Crippen LogP contribution is 2.47. The summed E-state index contributed by atoms with van der Waals surface area (Å²) in [6, 6.07) is 3.05. The van der Waals surface area contributed by atoms with E-state index in [1.807, 2.05) is 0 Å². The van der Waals surface area contributed by atoms with Crippen LogP contribution in [0.15, 0.2) is 16.6 Å². The number of ether oxygens (including phenoxy) is 2. The Morgan fingerprint density at radius 1 is 1.39 bits per heavy atom. The van der Waals surface area contributed by atoms with E-state index in [2.05, 4.69) is 15.9 Å². The molecule has 8 heteroatoms. The molecule has 0 aliphatic heterocycles. The van der Waals surface area contributed by atoms with Crippen LogP contribution in [0.25, 0.3) is 0 Å². The largest absolute Gasteiger partial charge is 0.482 e. The first-order chi connectivity index (χ1) is 10.7. The molecular formula is C15H17BrF3NO3. The summed E-state index contributed by atoms with van der Waals surface area (Å²) in [6.45, 7) is 0.509. The maximum atomic E-state index is 12.4. The van der Waals surface area contributed by atoms with Gasteiger partial charge in [-0.1, -0.05) is 6.42 Å². The molecule has 4 nitrogen and oxygen atoms in total. The van der Waals surface area contributed by atoms with Crippen molar-refractivity contribution in [1.29, 1.82) is 0 Å². The van der Waals surface area contributed by atoms with Crippen molar-refractivity contribution < 1.29 is 27.4 Å². The van der Waals surface area contributed by atoms with Crippen LogP contribution in [0.4, 0.5) is 18.9 Å². The molecule has 1 aromatic rings. The Balaban J connectivity index is 2.35. The van der Waals surface area contributed by atoms with Gasteiger partial charge >= 0.3 is 12.1 Å². The molecule has 0 amide bonds. The zero-order chi connectivity index (χ0) is 17.3. The molecule has 0 heterocycles. The zero-order valence-corrected chi connectivity index (χ0v) is 14.1. The number of benzene rings is 1. The summed E-state index contributed by atoms with van der Waals surface area (Å²) < 4.78 is 47.4. The van der Waals surface area contributed by atoms with Gasteiger partial charge in [-0.25, -0.2) is 0 Å². The standard InChI is InChI=1S/C15H17BrF3NO3/c1-2-22-13(21)14(4-3-5-14)9-6-10(16)12(20)11(7-9)23-8-15(17,18)19/h6-7H,2-5,8,20H2,1H3. The predicted molar refractivity (Wildman–Crippen MR) is 82.3 cm³/mol. The summed E-state index contributed by atoms with van der Waals surface area (Å²) in [7, 11) is 0. The Labute approximate surface area is 140 Å². The molecule has 0 saturated heterocycles. The number of hydrogen-bond donors (Lipinski definition) is 1. The third-order valence-corrected chi connectivity index (χ3v) is 4.56. The number of alkyl halides is 3. The van der Waals surface area contributed by atoms with E-state index < -0.39 is 18.2 Å². The van der Waals surface area contributed by atoms with Crippen LogP contribution in [0.2, 0.25) is 0 Å². The number of hydrogen-bond acceptors (Lipinski definition) is 4. The Morgan fingerprint density at radius 2 is 2.04 bits per heavy atom. The van der Waals surface area contributed by atoms with E-state index >= 15 is 0 Å². The predicted octanol–water partition coefficient (Wildman–Crippen LogP) is 3.96. The molecular weight excluding hydrogens is 379 g/mol. The molecule has 0 aromatic heterocycles. The first kappa shape index (κ1) is 17.9. The summed E-state index contributed by atoms with van der Waals surface area (Å²) in [4.78, 5) is 12.3. The summed E-state index contributed by atoms with van der Waals surface area (Å²) in [6.07, 6.45) is -2.45. The smallest absolute Gasteiger partial charge is 0.422 e. The molecule has 1 aliphatic carbocycles. The van der Waals surface area contributed by atoms with Gasteiger partial charge in [0.1, 0.15) is 5.75 Å². The molecule has 2 N–H and O–H groups in total. The average molecular weight is 396 g/mol. The lowest BCUT2D eigenvalue weighted by Crippen LogP contribution is -2.43. The van der Waals surface area contributed by atoms with Crippen LogP contribution in [0, 0.1) is 0 Å². The van der Waals surface area contributed by atoms with Gasteiger partial charge in [0.2, 0.25) is 0 Å². The van der Waals surface area contributed by atoms with E-state index in [9.17, 15) is 18.0 Å². The topological polar surface area (TPSA) is 61.5 Å². The lowest BCUT2D eigenvalue weighted by Gasteiger charge is -2.40. The van der Waals surface area contributed by atoms with E-state index in [-0.39, 0.29) is 24.0 Å². The maximum Gasteiger partial charge on any atom is 0.422 e. The van der Waals surface area contributed by atoms with Crippen molar-refractivity contribution in [2.45, 2.75) is 37.8 Å². The van der Waals surface area contributed by atoms with Crippen LogP contribution < -0.4 is 10.5 Å². The Bertz CT molecular complexity index is 600. The highest BCUT2D eigenvalue weighted by atomic mass is 79.9. The molecule has 23 heavy (non-hydrogen) atoms. The van der Waals surface area contributed by atoms with Crippen molar-refractivity contribution in [3.05, 3.63) is 22.2 Å². The van der Waals surface area contributed by atoms with Crippen molar-refractivity contribution in [3.63, 3.8) is 0 Å². The van der Waals surface area contributed by atoms with Gasteiger partial charge in [-0.3, -0.25) is 4.79 Å². The van der Waals surface area contributed by atoms with Gasteiger partial charge in [0, 0.05) is 4.47 Å². The third-order valence-electron chi connectivity index (χ3n) is 3.91. The number of halogens is 4. The van der Waals surface area contributed by atoms with Gasteiger partial charge in [0.05, 0.1) is 17.7 Å². The second-order valence-corrected chi connectivity index (χ2v) is 6.28. The van der Waals surface area contributed by atoms with Gasteiger partial charge < -0.3 is 15.2 Å². The fraction of sp³-hybridized carbons (Fsp3) is 0.533. The zero-order valence-electron chi connectivity index (χ0n) is 12.5. The van der Waals surface area contributed by atoms with E-state index in [4.69, 9.17) is 15.2 Å². The molecule has 1 aromatic carbocycles. The lowest BCUT2D eigenvalue weighted by atomic mass is 9.64. The number of nitrogen functional groups attached to an aromatic ring is 1. The SMILES string of the molecule is CCOC(=O)C1(c2cc(Br)c(N)c(OCC(F)(F)F)c2)CCC1. The van der Waals surface area contributed by atoms with Gasteiger partial charge in [-0.05, 0) is 53.4 Å².